The van der Waals surface area contributed by atoms with Crippen LogP contribution in [0.25, 0.3) is 16.9 Å². The summed E-state index contributed by atoms with van der Waals surface area (Å²) in [6, 6.07) is 4.69. The fourth-order valence-electron chi connectivity index (χ4n) is 2.59. The molecule has 0 bridgehead atoms. The molecule has 1 aromatic heterocycles. The van der Waals surface area contributed by atoms with Crippen molar-refractivity contribution >= 4 is 11.4 Å². The second-order valence-electron chi connectivity index (χ2n) is 6.35. The van der Waals surface area contributed by atoms with Crippen LogP contribution >= 0.6 is 0 Å². The van der Waals surface area contributed by atoms with E-state index in [4.69, 9.17) is 4.74 Å². The van der Waals surface area contributed by atoms with Gasteiger partial charge in [-0.3, -0.25) is 14.8 Å². The third-order valence-corrected chi connectivity index (χ3v) is 4.35. The number of nitro groups is 1. The molecule has 0 atom stereocenters. The maximum atomic E-state index is 11.0. The molecule has 6 heteroatoms. The molecule has 0 saturated heterocycles. The van der Waals surface area contributed by atoms with Crippen molar-refractivity contribution in [2.24, 2.45) is 5.41 Å². The van der Waals surface area contributed by atoms with Gasteiger partial charge < -0.3 is 4.74 Å². The van der Waals surface area contributed by atoms with Gasteiger partial charge in [0.2, 0.25) is 0 Å². The van der Waals surface area contributed by atoms with Crippen LogP contribution in [-0.2, 0) is 11.3 Å². The molecule has 6 nitrogen and oxygen atoms in total. The van der Waals surface area contributed by atoms with E-state index in [2.05, 4.69) is 18.6 Å². The maximum Gasteiger partial charge on any atom is 0.270 e. The van der Waals surface area contributed by atoms with Gasteiger partial charge in [0.25, 0.3) is 5.69 Å². The summed E-state index contributed by atoms with van der Waals surface area (Å²) in [6.07, 6.45) is 6.20. The Bertz CT molecular complexity index is 775. The minimum atomic E-state index is -0.423. The van der Waals surface area contributed by atoms with Gasteiger partial charge in [-0.15, -0.1) is 0 Å². The van der Waals surface area contributed by atoms with Gasteiger partial charge in [0, 0.05) is 36.0 Å². The van der Waals surface area contributed by atoms with Gasteiger partial charge in [-0.2, -0.15) is 5.10 Å². The fourth-order valence-corrected chi connectivity index (χ4v) is 2.59. The van der Waals surface area contributed by atoms with E-state index in [1.54, 1.807) is 12.3 Å². The molecule has 3 rings (SSSR count). The Balaban J connectivity index is 1.98. The maximum absolute atomic E-state index is 11.0. The Labute approximate surface area is 134 Å². The van der Waals surface area contributed by atoms with E-state index in [9.17, 15) is 10.1 Å². The van der Waals surface area contributed by atoms with Gasteiger partial charge >= 0.3 is 0 Å². The molecule has 0 amide bonds. The highest BCUT2D eigenvalue weighted by atomic mass is 16.6. The highest BCUT2D eigenvalue weighted by molar-refractivity contribution is 5.79. The van der Waals surface area contributed by atoms with Crippen molar-refractivity contribution in [3.05, 3.63) is 52.8 Å². The first-order chi connectivity index (χ1) is 10.9. The highest BCUT2D eigenvalue weighted by Crippen LogP contribution is 2.46. The largest absolute Gasteiger partial charge is 0.497 e. The first kappa shape index (κ1) is 15.3. The van der Waals surface area contributed by atoms with Crippen LogP contribution in [0.3, 0.4) is 0 Å². The lowest BCUT2D eigenvalue weighted by molar-refractivity contribution is -0.384. The molecule has 1 saturated carbocycles. The van der Waals surface area contributed by atoms with Crippen LogP contribution in [0.2, 0.25) is 0 Å². The number of nitro benzene ring substituents is 1. The fraction of sp³-hybridized carbons (Fsp3) is 0.353. The summed E-state index contributed by atoms with van der Waals surface area (Å²) in [7, 11) is 1.50. The quantitative estimate of drug-likeness (QED) is 0.461. The van der Waals surface area contributed by atoms with Gasteiger partial charge in [-0.1, -0.05) is 13.5 Å². The number of methoxy groups -OCH3 is 1. The summed E-state index contributed by atoms with van der Waals surface area (Å²) in [5.41, 5.74) is 2.71. The molecule has 1 aromatic carbocycles. The van der Waals surface area contributed by atoms with Crippen molar-refractivity contribution < 1.29 is 9.66 Å². The second kappa shape index (κ2) is 5.53. The second-order valence-corrected chi connectivity index (χ2v) is 6.35. The number of ether oxygens (including phenoxy) is 1. The van der Waals surface area contributed by atoms with E-state index in [0.29, 0.717) is 16.7 Å². The molecule has 0 unspecified atom stereocenters. The molecule has 1 aliphatic carbocycles. The van der Waals surface area contributed by atoms with E-state index < -0.39 is 4.92 Å². The average Bonchev–Trinajstić information content (AvgIpc) is 3.08. The minimum Gasteiger partial charge on any atom is -0.497 e. The van der Waals surface area contributed by atoms with Crippen LogP contribution in [0.4, 0.5) is 5.69 Å². The summed E-state index contributed by atoms with van der Waals surface area (Å²) in [4.78, 5) is 10.6. The lowest BCUT2D eigenvalue weighted by Gasteiger charge is -2.10. The zero-order valence-corrected chi connectivity index (χ0v) is 13.3. The van der Waals surface area contributed by atoms with Gasteiger partial charge in [0.1, 0.15) is 5.76 Å². The van der Waals surface area contributed by atoms with Crippen LogP contribution < -0.4 is 0 Å². The van der Waals surface area contributed by atoms with E-state index in [1.807, 2.05) is 10.9 Å². The topological polar surface area (TPSA) is 70.2 Å². The normalized spacial score (nSPS) is 15.2. The third kappa shape index (κ3) is 3.11. The summed E-state index contributed by atoms with van der Waals surface area (Å²) < 4.78 is 7.12. The Morgan fingerprint density at radius 1 is 1.52 bits per heavy atom. The van der Waals surface area contributed by atoms with Crippen LogP contribution in [0.5, 0.6) is 0 Å². The highest BCUT2D eigenvalue weighted by Gasteiger charge is 2.37. The SMILES string of the molecule is C=C(OC)c1cc([N+](=O)[O-])ccc1-c1cnn(CC2(C)CC2)c1. The lowest BCUT2D eigenvalue weighted by atomic mass is 10.0. The molecule has 0 N–H and O–H groups in total. The summed E-state index contributed by atoms with van der Waals surface area (Å²) in [5.74, 6) is 0.394. The van der Waals surface area contributed by atoms with Gasteiger partial charge in [0.15, 0.2) is 0 Å². The van der Waals surface area contributed by atoms with Crippen LogP contribution in [0.15, 0.2) is 37.2 Å². The number of benzene rings is 1. The van der Waals surface area contributed by atoms with Gasteiger partial charge in [-0.05, 0) is 29.9 Å². The standard InChI is InChI=1S/C17H19N3O3/c1-12(23-3)16-8-14(20(21)22)4-5-15(16)13-9-18-19(10-13)11-17(2)6-7-17/h4-5,8-10H,1,6-7,11H2,2-3H3. The minimum absolute atomic E-state index is 0.0137. The van der Waals surface area contributed by atoms with E-state index in [1.165, 1.54) is 32.1 Å². The van der Waals surface area contributed by atoms with E-state index in [-0.39, 0.29) is 5.69 Å². The average molecular weight is 313 g/mol. The molecule has 1 heterocycles. The molecule has 0 radical (unpaired) electrons. The van der Waals surface area contributed by atoms with Crippen LogP contribution in [-0.4, -0.2) is 21.8 Å². The Morgan fingerprint density at radius 3 is 2.87 bits per heavy atom. The number of aromatic nitrogens is 2. The lowest BCUT2D eigenvalue weighted by Crippen LogP contribution is -2.07. The Hall–Kier alpha value is -2.63. The van der Waals surface area contributed by atoms with Gasteiger partial charge in [0.05, 0.1) is 18.2 Å². The molecule has 2 aromatic rings. The molecule has 0 aliphatic heterocycles. The molecule has 23 heavy (non-hydrogen) atoms. The smallest absolute Gasteiger partial charge is 0.270 e. The first-order valence-corrected chi connectivity index (χ1v) is 7.46. The van der Waals surface area contributed by atoms with Crippen LogP contribution in [0.1, 0.15) is 25.3 Å². The molecule has 1 fully saturated rings. The van der Waals surface area contributed by atoms with Crippen molar-refractivity contribution in [2.75, 3.05) is 7.11 Å². The molecular weight excluding hydrogens is 294 g/mol. The molecule has 0 spiro atoms. The Morgan fingerprint density at radius 2 is 2.26 bits per heavy atom. The van der Waals surface area contributed by atoms with Crippen molar-refractivity contribution in [1.29, 1.82) is 0 Å². The molecule has 1 aliphatic rings. The molecular formula is C17H19N3O3. The number of hydrogen-bond donors (Lipinski definition) is 0. The Kier molecular flexibility index (Phi) is 3.67. The summed E-state index contributed by atoms with van der Waals surface area (Å²) in [6.45, 7) is 6.97. The monoisotopic (exact) mass is 313 g/mol. The number of rotatable bonds is 6. The number of non-ortho nitro benzene ring substituents is 1. The zero-order chi connectivity index (χ0) is 16.6. The van der Waals surface area contributed by atoms with Crippen molar-refractivity contribution in [3.63, 3.8) is 0 Å². The predicted octanol–water partition coefficient (Wildman–Crippen LogP) is 3.88. The third-order valence-electron chi connectivity index (χ3n) is 4.35. The number of nitrogens with zero attached hydrogens (tertiary/aromatic N) is 3. The predicted molar refractivity (Wildman–Crippen MR) is 87.7 cm³/mol. The van der Waals surface area contributed by atoms with E-state index >= 15 is 0 Å². The summed E-state index contributed by atoms with van der Waals surface area (Å²) >= 11 is 0. The zero-order valence-electron chi connectivity index (χ0n) is 13.3. The van der Waals surface area contributed by atoms with Crippen molar-refractivity contribution in [1.82, 2.24) is 9.78 Å². The number of hydrogen-bond acceptors (Lipinski definition) is 4. The van der Waals surface area contributed by atoms with Crippen molar-refractivity contribution in [2.45, 2.75) is 26.3 Å². The van der Waals surface area contributed by atoms with Crippen molar-refractivity contribution in [3.8, 4) is 11.1 Å². The summed E-state index contributed by atoms with van der Waals surface area (Å²) in [5, 5.41) is 15.4. The van der Waals surface area contributed by atoms with E-state index in [0.717, 1.165) is 17.7 Å². The first-order valence-electron chi connectivity index (χ1n) is 7.46. The molecule has 120 valence electrons. The van der Waals surface area contributed by atoms with Gasteiger partial charge in [-0.25, -0.2) is 0 Å². The van der Waals surface area contributed by atoms with Crippen LogP contribution in [0, 0.1) is 15.5 Å².